The molecule has 0 saturated carbocycles. The molecule has 7 nitrogen and oxygen atoms in total. The summed E-state index contributed by atoms with van der Waals surface area (Å²) >= 11 is 0. The second kappa shape index (κ2) is 8.85. The number of hydrogen-bond acceptors (Lipinski definition) is 4. The Balaban J connectivity index is 1.37. The van der Waals surface area contributed by atoms with Crippen LogP contribution in [0.5, 0.6) is 0 Å². The van der Waals surface area contributed by atoms with E-state index in [9.17, 15) is 4.79 Å². The summed E-state index contributed by atoms with van der Waals surface area (Å²) in [5.74, 6) is 0.602. The molecule has 7 heteroatoms. The molecule has 1 atom stereocenters. The topological polar surface area (TPSA) is 88.5 Å². The molecule has 3 aromatic carbocycles. The third-order valence-corrected chi connectivity index (χ3v) is 5.35. The number of nitrogens with one attached hydrogen (secondary N) is 2. The molecule has 0 bridgehead atoms. The van der Waals surface area contributed by atoms with E-state index >= 15 is 0 Å². The van der Waals surface area contributed by atoms with Gasteiger partial charge in [0.1, 0.15) is 18.5 Å². The molecule has 5 aromatic rings. The predicted octanol–water partition coefficient (Wildman–Crippen LogP) is 3.92. The number of hydrogen-bond donors (Lipinski definition) is 2. The first-order valence-electron chi connectivity index (χ1n) is 10.5. The summed E-state index contributed by atoms with van der Waals surface area (Å²) in [7, 11) is 0. The van der Waals surface area contributed by atoms with E-state index in [2.05, 4.69) is 32.5 Å². The van der Waals surface area contributed by atoms with Gasteiger partial charge in [-0.25, -0.2) is 14.6 Å². The Kier molecular flexibility index (Phi) is 5.45. The zero-order valence-electron chi connectivity index (χ0n) is 17.3. The van der Waals surface area contributed by atoms with E-state index in [0.717, 1.165) is 28.0 Å². The maximum Gasteiger partial charge on any atom is 0.251 e. The number of benzene rings is 3. The number of carbonyl (C=O) groups is 1. The summed E-state index contributed by atoms with van der Waals surface area (Å²) in [6.45, 7) is 0.609. The summed E-state index contributed by atoms with van der Waals surface area (Å²) in [5, 5.41) is 7.28. The highest BCUT2D eigenvalue weighted by Crippen LogP contribution is 2.20. The molecule has 0 radical (unpaired) electrons. The second-order valence-corrected chi connectivity index (χ2v) is 7.64. The number of fused-ring (bicyclic) bond motifs is 1. The minimum Gasteiger partial charge on any atom is -0.342 e. The lowest BCUT2D eigenvalue weighted by Crippen LogP contribution is -2.30. The Morgan fingerprint density at radius 1 is 0.938 bits per heavy atom. The highest BCUT2D eigenvalue weighted by molar-refractivity contribution is 5.94. The zero-order chi connectivity index (χ0) is 21.8. The van der Waals surface area contributed by atoms with Crippen LogP contribution in [0.4, 0.5) is 0 Å². The van der Waals surface area contributed by atoms with Gasteiger partial charge in [0, 0.05) is 5.56 Å². The van der Waals surface area contributed by atoms with Crippen molar-refractivity contribution in [2.45, 2.75) is 19.0 Å². The van der Waals surface area contributed by atoms with Crippen molar-refractivity contribution in [3.63, 3.8) is 0 Å². The number of para-hydroxylation sites is 2. The monoisotopic (exact) mass is 422 g/mol. The lowest BCUT2D eigenvalue weighted by Gasteiger charge is -2.17. The minimum absolute atomic E-state index is 0.140. The van der Waals surface area contributed by atoms with E-state index in [0.29, 0.717) is 18.5 Å². The highest BCUT2D eigenvalue weighted by Gasteiger charge is 2.20. The van der Waals surface area contributed by atoms with Gasteiger partial charge in [-0.3, -0.25) is 4.79 Å². The van der Waals surface area contributed by atoms with Gasteiger partial charge in [0.25, 0.3) is 5.91 Å². The van der Waals surface area contributed by atoms with Crippen LogP contribution in [0, 0.1) is 0 Å². The van der Waals surface area contributed by atoms with Crippen LogP contribution in [0.1, 0.15) is 33.4 Å². The highest BCUT2D eigenvalue weighted by atomic mass is 16.1. The first-order valence-corrected chi connectivity index (χ1v) is 10.5. The summed E-state index contributed by atoms with van der Waals surface area (Å²) in [6, 6.07) is 25.2. The Morgan fingerprint density at radius 3 is 2.47 bits per heavy atom. The van der Waals surface area contributed by atoms with Crippen molar-refractivity contribution in [2.75, 3.05) is 0 Å². The molecule has 0 saturated heterocycles. The molecule has 0 unspecified atom stereocenters. The van der Waals surface area contributed by atoms with Gasteiger partial charge in [-0.1, -0.05) is 54.6 Å². The van der Waals surface area contributed by atoms with Crippen molar-refractivity contribution in [3.8, 4) is 0 Å². The van der Waals surface area contributed by atoms with Crippen molar-refractivity contribution in [1.82, 2.24) is 30.0 Å². The lowest BCUT2D eigenvalue weighted by molar-refractivity contribution is 0.0935. The van der Waals surface area contributed by atoms with Gasteiger partial charge in [0.2, 0.25) is 0 Å². The maximum absolute atomic E-state index is 13.1. The Morgan fingerprint density at radius 2 is 1.72 bits per heavy atom. The van der Waals surface area contributed by atoms with Gasteiger partial charge < -0.3 is 10.3 Å². The van der Waals surface area contributed by atoms with E-state index < -0.39 is 0 Å². The Hall–Kier alpha value is -4.26. The number of H-pyrrole nitrogens is 1. The smallest absolute Gasteiger partial charge is 0.251 e. The van der Waals surface area contributed by atoms with Gasteiger partial charge in [-0.05, 0) is 41.8 Å². The van der Waals surface area contributed by atoms with Crippen molar-refractivity contribution in [3.05, 3.63) is 114 Å². The van der Waals surface area contributed by atoms with E-state index in [1.807, 2.05) is 66.7 Å². The van der Waals surface area contributed by atoms with Gasteiger partial charge >= 0.3 is 0 Å². The number of nitrogens with zero attached hydrogens (tertiary/aromatic N) is 4. The molecule has 32 heavy (non-hydrogen) atoms. The van der Waals surface area contributed by atoms with Crippen LogP contribution in [0.3, 0.4) is 0 Å². The molecule has 158 valence electrons. The number of aromatic amines is 1. The van der Waals surface area contributed by atoms with Crippen LogP contribution in [0.2, 0.25) is 0 Å². The van der Waals surface area contributed by atoms with Crippen LogP contribution in [0.25, 0.3) is 11.0 Å². The molecular weight excluding hydrogens is 400 g/mol. The molecule has 0 fully saturated rings. The van der Waals surface area contributed by atoms with E-state index in [1.54, 1.807) is 11.0 Å². The molecular formula is C25H22N6O. The average molecular weight is 422 g/mol. The Labute approximate surface area is 185 Å². The fourth-order valence-corrected chi connectivity index (χ4v) is 3.71. The van der Waals surface area contributed by atoms with Gasteiger partial charge in [0.05, 0.1) is 23.6 Å². The SMILES string of the molecule is O=C(N[C@@H](Cc1ccccc1)c1nc2ccccc2[nH]1)c1ccc(Cn2cncn2)cc1. The van der Waals surface area contributed by atoms with E-state index in [-0.39, 0.29) is 11.9 Å². The normalized spacial score (nSPS) is 12.0. The molecule has 2 N–H and O–H groups in total. The second-order valence-electron chi connectivity index (χ2n) is 7.64. The number of imidazole rings is 1. The molecule has 0 aliphatic rings. The third-order valence-electron chi connectivity index (χ3n) is 5.35. The number of aromatic nitrogens is 5. The fourth-order valence-electron chi connectivity index (χ4n) is 3.71. The maximum atomic E-state index is 13.1. The predicted molar refractivity (Wildman–Crippen MR) is 122 cm³/mol. The van der Waals surface area contributed by atoms with Gasteiger partial charge in [0.15, 0.2) is 0 Å². The first kappa shape index (κ1) is 19.7. The third kappa shape index (κ3) is 4.41. The van der Waals surface area contributed by atoms with Crippen molar-refractivity contribution < 1.29 is 4.79 Å². The number of carbonyl (C=O) groups excluding carboxylic acids is 1. The first-order chi connectivity index (χ1) is 15.7. The van der Waals surface area contributed by atoms with E-state index in [1.165, 1.54) is 6.33 Å². The molecule has 0 aliphatic heterocycles. The van der Waals surface area contributed by atoms with Gasteiger partial charge in [-0.2, -0.15) is 5.10 Å². The van der Waals surface area contributed by atoms with Crippen molar-refractivity contribution in [2.24, 2.45) is 0 Å². The van der Waals surface area contributed by atoms with Gasteiger partial charge in [-0.15, -0.1) is 0 Å². The average Bonchev–Trinajstić information content (AvgIpc) is 3.49. The molecule has 0 aliphatic carbocycles. The van der Waals surface area contributed by atoms with Crippen molar-refractivity contribution in [1.29, 1.82) is 0 Å². The standard InChI is InChI=1S/C25H22N6O/c32-25(20-12-10-19(11-13-20)15-31-17-26-16-27-31)30-23(14-18-6-2-1-3-7-18)24-28-21-8-4-5-9-22(21)29-24/h1-13,16-17,23H,14-15H2,(H,28,29)(H,30,32)/t23-/m0/s1. The fraction of sp³-hybridized carbons (Fsp3) is 0.120. The summed E-state index contributed by atoms with van der Waals surface area (Å²) in [4.78, 5) is 25.1. The zero-order valence-corrected chi connectivity index (χ0v) is 17.3. The minimum atomic E-state index is -0.285. The number of amides is 1. The molecule has 1 amide bonds. The van der Waals surface area contributed by atoms with Crippen LogP contribution >= 0.6 is 0 Å². The van der Waals surface area contributed by atoms with Crippen LogP contribution in [0.15, 0.2) is 91.5 Å². The summed E-state index contributed by atoms with van der Waals surface area (Å²) in [6.07, 6.45) is 3.81. The van der Waals surface area contributed by atoms with Crippen LogP contribution in [-0.4, -0.2) is 30.6 Å². The Bertz CT molecular complexity index is 1280. The molecule has 5 rings (SSSR count). The lowest BCUT2D eigenvalue weighted by atomic mass is 10.0. The van der Waals surface area contributed by atoms with Crippen molar-refractivity contribution >= 4 is 16.9 Å². The largest absolute Gasteiger partial charge is 0.342 e. The molecule has 0 spiro atoms. The van der Waals surface area contributed by atoms with E-state index in [4.69, 9.17) is 4.98 Å². The summed E-state index contributed by atoms with van der Waals surface area (Å²) in [5.41, 5.74) is 4.60. The van der Waals surface area contributed by atoms with Crippen LogP contribution in [-0.2, 0) is 13.0 Å². The van der Waals surface area contributed by atoms with Crippen LogP contribution < -0.4 is 5.32 Å². The quantitative estimate of drug-likeness (QED) is 0.416. The summed E-state index contributed by atoms with van der Waals surface area (Å²) < 4.78 is 1.74. The number of rotatable bonds is 7. The molecule has 2 heterocycles. The molecule has 2 aromatic heterocycles.